The second-order valence-electron chi connectivity index (χ2n) is 3.12. The molecule has 1 aromatic carbocycles. The Morgan fingerprint density at radius 3 is 2.14 bits per heavy atom. The molecule has 0 radical (unpaired) electrons. The molecule has 14 heavy (non-hydrogen) atoms. The first kappa shape index (κ1) is 11.8. The minimum Gasteiger partial charge on any atom is -0.390 e. The summed E-state index contributed by atoms with van der Waals surface area (Å²) >= 11 is 11.1. The Bertz CT molecular complexity index is 274. The van der Waals surface area contributed by atoms with Gasteiger partial charge in [-0.1, -0.05) is 23.7 Å². The molecule has 0 aromatic heterocycles. The highest BCUT2D eigenvalue weighted by atomic mass is 35.5. The van der Waals surface area contributed by atoms with Crippen LogP contribution in [0.5, 0.6) is 0 Å². The Morgan fingerprint density at radius 2 is 1.64 bits per heavy atom. The lowest BCUT2D eigenvalue weighted by Gasteiger charge is -2.15. The Kier molecular flexibility index (Phi) is 4.69. The van der Waals surface area contributed by atoms with Crippen LogP contribution < -0.4 is 0 Å². The first-order chi connectivity index (χ1) is 6.63. The summed E-state index contributed by atoms with van der Waals surface area (Å²) in [4.78, 5) is 0. The number of rotatable bonds is 4. The van der Waals surface area contributed by atoms with E-state index in [1.165, 1.54) is 0 Å². The van der Waals surface area contributed by atoms with Gasteiger partial charge in [-0.15, -0.1) is 11.6 Å². The van der Waals surface area contributed by atoms with Crippen LogP contribution in [0.25, 0.3) is 0 Å². The quantitative estimate of drug-likeness (QED) is 0.782. The van der Waals surface area contributed by atoms with Crippen molar-refractivity contribution in [2.24, 2.45) is 0 Å². The smallest absolute Gasteiger partial charge is 0.0937 e. The molecule has 0 aliphatic rings. The number of alkyl halides is 1. The second kappa shape index (κ2) is 5.56. The van der Waals surface area contributed by atoms with E-state index in [0.717, 1.165) is 5.56 Å². The molecule has 0 aliphatic heterocycles. The zero-order chi connectivity index (χ0) is 10.6. The third kappa shape index (κ3) is 3.46. The van der Waals surface area contributed by atoms with Crippen molar-refractivity contribution in [3.05, 3.63) is 34.9 Å². The average Bonchev–Trinajstić information content (AvgIpc) is 2.20. The van der Waals surface area contributed by atoms with E-state index in [9.17, 15) is 10.2 Å². The number of hydrogen-bond donors (Lipinski definition) is 2. The lowest BCUT2D eigenvalue weighted by Crippen LogP contribution is -2.29. The molecule has 0 saturated heterocycles. The van der Waals surface area contributed by atoms with Gasteiger partial charge in [-0.3, -0.25) is 0 Å². The molecular weight excluding hydrogens is 223 g/mol. The minimum atomic E-state index is -0.882. The molecule has 0 saturated carbocycles. The number of halogens is 2. The predicted octanol–water partition coefficient (Wildman–Crippen LogP) is 1.84. The van der Waals surface area contributed by atoms with Crippen molar-refractivity contribution < 1.29 is 10.2 Å². The normalized spacial score (nSPS) is 15.1. The van der Waals surface area contributed by atoms with Crippen molar-refractivity contribution in [3.63, 3.8) is 0 Å². The molecule has 0 amide bonds. The zero-order valence-electron chi connectivity index (χ0n) is 7.53. The van der Waals surface area contributed by atoms with Crippen LogP contribution in [-0.4, -0.2) is 28.3 Å². The van der Waals surface area contributed by atoms with E-state index in [4.69, 9.17) is 23.2 Å². The van der Waals surface area contributed by atoms with Crippen LogP contribution >= 0.6 is 23.2 Å². The Labute approximate surface area is 93.1 Å². The molecule has 2 nitrogen and oxygen atoms in total. The topological polar surface area (TPSA) is 40.5 Å². The summed E-state index contributed by atoms with van der Waals surface area (Å²) in [6.45, 7) is 0. The highest BCUT2D eigenvalue weighted by molar-refractivity contribution is 6.30. The van der Waals surface area contributed by atoms with Gasteiger partial charge in [0.1, 0.15) is 0 Å². The number of aliphatic hydroxyl groups is 2. The molecule has 0 bridgehead atoms. The summed E-state index contributed by atoms with van der Waals surface area (Å²) in [6.07, 6.45) is -1.33. The SMILES string of the molecule is OC(CCl)C(O)Cc1ccc(Cl)cc1. The van der Waals surface area contributed by atoms with E-state index in [1.807, 2.05) is 12.1 Å². The molecule has 1 rings (SSSR count). The Balaban J connectivity index is 2.56. The molecular formula is C10H12Cl2O2. The van der Waals surface area contributed by atoms with E-state index >= 15 is 0 Å². The second-order valence-corrected chi connectivity index (χ2v) is 3.86. The van der Waals surface area contributed by atoms with Gasteiger partial charge >= 0.3 is 0 Å². The molecule has 2 atom stereocenters. The number of benzene rings is 1. The average molecular weight is 235 g/mol. The molecule has 0 aliphatic carbocycles. The maximum Gasteiger partial charge on any atom is 0.0937 e. The summed E-state index contributed by atoms with van der Waals surface area (Å²) in [7, 11) is 0. The summed E-state index contributed by atoms with van der Waals surface area (Å²) < 4.78 is 0. The summed E-state index contributed by atoms with van der Waals surface area (Å²) in [5.41, 5.74) is 0.922. The zero-order valence-corrected chi connectivity index (χ0v) is 9.04. The van der Waals surface area contributed by atoms with Crippen LogP contribution in [-0.2, 0) is 6.42 Å². The van der Waals surface area contributed by atoms with Crippen LogP contribution in [0, 0.1) is 0 Å². The van der Waals surface area contributed by atoms with Crippen molar-refractivity contribution in [2.45, 2.75) is 18.6 Å². The van der Waals surface area contributed by atoms with E-state index in [1.54, 1.807) is 12.1 Å². The van der Waals surface area contributed by atoms with Gasteiger partial charge in [0, 0.05) is 11.4 Å². The Morgan fingerprint density at radius 1 is 1.07 bits per heavy atom. The van der Waals surface area contributed by atoms with E-state index in [0.29, 0.717) is 11.4 Å². The van der Waals surface area contributed by atoms with Gasteiger partial charge < -0.3 is 10.2 Å². The van der Waals surface area contributed by atoms with Gasteiger partial charge in [0.25, 0.3) is 0 Å². The maximum atomic E-state index is 9.47. The largest absolute Gasteiger partial charge is 0.390 e. The monoisotopic (exact) mass is 234 g/mol. The highest BCUT2D eigenvalue weighted by Gasteiger charge is 2.15. The third-order valence-corrected chi connectivity index (χ3v) is 2.53. The highest BCUT2D eigenvalue weighted by Crippen LogP contribution is 2.12. The number of hydrogen-bond acceptors (Lipinski definition) is 2. The molecule has 2 N–H and O–H groups in total. The summed E-state index contributed by atoms with van der Waals surface area (Å²) in [6, 6.07) is 7.12. The molecule has 2 unspecified atom stereocenters. The van der Waals surface area contributed by atoms with E-state index in [2.05, 4.69) is 0 Å². The lowest BCUT2D eigenvalue weighted by atomic mass is 10.1. The van der Waals surface area contributed by atoms with Gasteiger partial charge in [-0.05, 0) is 17.7 Å². The Hall–Kier alpha value is -0.280. The van der Waals surface area contributed by atoms with Crippen molar-refractivity contribution >= 4 is 23.2 Å². The van der Waals surface area contributed by atoms with Crippen molar-refractivity contribution in [1.82, 2.24) is 0 Å². The predicted molar refractivity (Wildman–Crippen MR) is 57.9 cm³/mol. The molecule has 0 spiro atoms. The van der Waals surface area contributed by atoms with Gasteiger partial charge in [0.05, 0.1) is 18.1 Å². The van der Waals surface area contributed by atoms with Crippen LogP contribution in [0.4, 0.5) is 0 Å². The van der Waals surface area contributed by atoms with Crippen LogP contribution in [0.15, 0.2) is 24.3 Å². The van der Waals surface area contributed by atoms with Crippen LogP contribution in [0.2, 0.25) is 5.02 Å². The fourth-order valence-corrected chi connectivity index (χ4v) is 1.43. The van der Waals surface area contributed by atoms with Gasteiger partial charge in [-0.25, -0.2) is 0 Å². The van der Waals surface area contributed by atoms with Crippen molar-refractivity contribution in [2.75, 3.05) is 5.88 Å². The first-order valence-corrected chi connectivity index (χ1v) is 5.21. The fraction of sp³-hybridized carbons (Fsp3) is 0.400. The number of aliphatic hydroxyl groups excluding tert-OH is 2. The van der Waals surface area contributed by atoms with Crippen LogP contribution in [0.1, 0.15) is 5.56 Å². The van der Waals surface area contributed by atoms with E-state index < -0.39 is 12.2 Å². The third-order valence-electron chi connectivity index (χ3n) is 1.96. The van der Waals surface area contributed by atoms with Gasteiger partial charge in [-0.2, -0.15) is 0 Å². The molecule has 1 aromatic rings. The van der Waals surface area contributed by atoms with Crippen molar-refractivity contribution in [3.8, 4) is 0 Å². The maximum absolute atomic E-state index is 9.47. The van der Waals surface area contributed by atoms with Crippen LogP contribution in [0.3, 0.4) is 0 Å². The molecule has 0 heterocycles. The first-order valence-electron chi connectivity index (χ1n) is 4.30. The minimum absolute atomic E-state index is 0.0365. The fourth-order valence-electron chi connectivity index (χ4n) is 1.10. The lowest BCUT2D eigenvalue weighted by molar-refractivity contribution is 0.0341. The molecule has 0 fully saturated rings. The standard InChI is InChI=1S/C10H12Cl2O2/c11-6-10(14)9(13)5-7-1-3-8(12)4-2-7/h1-4,9-10,13-14H,5-6H2. The molecule has 4 heteroatoms. The summed E-state index contributed by atoms with van der Waals surface area (Å²) in [5.74, 6) is 0.0365. The summed E-state index contributed by atoms with van der Waals surface area (Å²) in [5, 5.41) is 19.4. The molecule has 78 valence electrons. The van der Waals surface area contributed by atoms with Gasteiger partial charge in [0.2, 0.25) is 0 Å². The van der Waals surface area contributed by atoms with E-state index in [-0.39, 0.29) is 5.88 Å². The van der Waals surface area contributed by atoms with Crippen molar-refractivity contribution in [1.29, 1.82) is 0 Å². The van der Waals surface area contributed by atoms with Gasteiger partial charge in [0.15, 0.2) is 0 Å².